The second-order valence-corrected chi connectivity index (χ2v) is 8.35. The molecule has 0 saturated carbocycles. The Kier molecular flexibility index (Phi) is 7.06. The molecule has 0 bridgehead atoms. The predicted molar refractivity (Wildman–Crippen MR) is 111 cm³/mol. The van der Waals surface area contributed by atoms with Crippen molar-refractivity contribution in [2.75, 3.05) is 5.32 Å². The number of benzene rings is 2. The highest BCUT2D eigenvalue weighted by atomic mass is 32.2. The number of hydrogen-bond acceptors (Lipinski definition) is 4. The zero-order chi connectivity index (χ0) is 20.0. The third kappa shape index (κ3) is 6.13. The Morgan fingerprint density at radius 2 is 1.67 bits per heavy atom. The minimum atomic E-state index is -3.56. The molecule has 27 heavy (non-hydrogen) atoms. The Bertz CT molecular complexity index is 908. The van der Waals surface area contributed by atoms with Gasteiger partial charge in [-0.1, -0.05) is 24.6 Å². The standard InChI is InChI=1S/C19H23N3O3S2/c1-4-14(3)22-27(24,25)17-11-9-16(10-12-17)20-19(26)21-18(23)15-7-5-13(2)6-8-15/h5-12,14,22H,4H2,1-3H3,(H2,20,21,23,26). The van der Waals surface area contributed by atoms with Gasteiger partial charge in [-0.2, -0.15) is 0 Å². The Morgan fingerprint density at radius 3 is 2.22 bits per heavy atom. The number of sulfonamides is 1. The van der Waals surface area contributed by atoms with E-state index < -0.39 is 10.0 Å². The molecule has 0 aliphatic heterocycles. The number of rotatable bonds is 6. The van der Waals surface area contributed by atoms with E-state index in [1.165, 1.54) is 12.1 Å². The van der Waals surface area contributed by atoms with Gasteiger partial charge in [-0.3, -0.25) is 10.1 Å². The summed E-state index contributed by atoms with van der Waals surface area (Å²) in [5, 5.41) is 5.60. The Morgan fingerprint density at radius 1 is 1.07 bits per heavy atom. The molecule has 0 heterocycles. The summed E-state index contributed by atoms with van der Waals surface area (Å²) >= 11 is 5.14. The first kappa shape index (κ1) is 21.0. The van der Waals surface area contributed by atoms with Gasteiger partial charge in [0, 0.05) is 17.3 Å². The van der Waals surface area contributed by atoms with Gasteiger partial charge < -0.3 is 5.32 Å². The van der Waals surface area contributed by atoms with Gasteiger partial charge in [-0.05, 0) is 68.9 Å². The number of nitrogens with one attached hydrogen (secondary N) is 3. The lowest BCUT2D eigenvalue weighted by Crippen LogP contribution is -2.34. The van der Waals surface area contributed by atoms with Gasteiger partial charge >= 0.3 is 0 Å². The number of aryl methyl sites for hydroxylation is 1. The van der Waals surface area contributed by atoms with Crippen LogP contribution in [0.4, 0.5) is 5.69 Å². The molecule has 2 aromatic carbocycles. The number of hydrogen-bond donors (Lipinski definition) is 3. The molecule has 6 nitrogen and oxygen atoms in total. The van der Waals surface area contributed by atoms with Crippen LogP contribution < -0.4 is 15.4 Å². The normalized spacial score (nSPS) is 12.3. The molecule has 0 radical (unpaired) electrons. The maximum Gasteiger partial charge on any atom is 0.257 e. The van der Waals surface area contributed by atoms with Crippen LogP contribution in [0.1, 0.15) is 36.2 Å². The number of carbonyl (C=O) groups excluding carboxylic acids is 1. The molecule has 1 unspecified atom stereocenters. The minimum Gasteiger partial charge on any atom is -0.332 e. The summed E-state index contributed by atoms with van der Waals surface area (Å²) in [5.41, 5.74) is 2.14. The lowest BCUT2D eigenvalue weighted by molar-refractivity contribution is 0.0977. The molecule has 0 saturated heterocycles. The fourth-order valence-electron chi connectivity index (χ4n) is 2.18. The first-order valence-corrected chi connectivity index (χ1v) is 10.4. The first-order valence-electron chi connectivity index (χ1n) is 8.52. The van der Waals surface area contributed by atoms with Crippen molar-refractivity contribution in [1.82, 2.24) is 10.0 Å². The van der Waals surface area contributed by atoms with Crippen LogP contribution in [0.2, 0.25) is 0 Å². The SMILES string of the molecule is CCC(C)NS(=O)(=O)c1ccc(NC(=S)NC(=O)c2ccc(C)cc2)cc1. The highest BCUT2D eigenvalue weighted by Gasteiger charge is 2.16. The van der Waals surface area contributed by atoms with Crippen LogP contribution in [-0.2, 0) is 10.0 Å². The smallest absolute Gasteiger partial charge is 0.257 e. The molecule has 0 aliphatic rings. The lowest BCUT2D eigenvalue weighted by atomic mass is 10.1. The molecule has 0 fully saturated rings. The lowest BCUT2D eigenvalue weighted by Gasteiger charge is -2.13. The quantitative estimate of drug-likeness (QED) is 0.643. The molecule has 0 aromatic heterocycles. The van der Waals surface area contributed by atoms with Crippen molar-refractivity contribution >= 4 is 38.9 Å². The average molecular weight is 406 g/mol. The maximum atomic E-state index is 12.2. The van der Waals surface area contributed by atoms with Crippen LogP contribution in [-0.4, -0.2) is 25.5 Å². The van der Waals surface area contributed by atoms with Crippen molar-refractivity contribution in [3.63, 3.8) is 0 Å². The summed E-state index contributed by atoms with van der Waals surface area (Å²) in [6.45, 7) is 5.66. The van der Waals surface area contributed by atoms with E-state index in [1.807, 2.05) is 32.9 Å². The second kappa shape index (κ2) is 9.07. The molecule has 8 heteroatoms. The van der Waals surface area contributed by atoms with E-state index in [1.54, 1.807) is 24.3 Å². The molecular weight excluding hydrogens is 382 g/mol. The molecule has 2 aromatic rings. The van der Waals surface area contributed by atoms with Crippen LogP contribution in [0.3, 0.4) is 0 Å². The van der Waals surface area contributed by atoms with E-state index in [-0.39, 0.29) is 22.0 Å². The number of amides is 1. The average Bonchev–Trinajstić information content (AvgIpc) is 2.62. The molecule has 144 valence electrons. The zero-order valence-corrected chi connectivity index (χ0v) is 17.1. The summed E-state index contributed by atoms with van der Waals surface area (Å²) in [6.07, 6.45) is 0.702. The topological polar surface area (TPSA) is 87.3 Å². The van der Waals surface area contributed by atoms with Crippen LogP contribution in [0.15, 0.2) is 53.4 Å². The Balaban J connectivity index is 1.98. The van der Waals surface area contributed by atoms with Crippen molar-refractivity contribution < 1.29 is 13.2 Å². The minimum absolute atomic E-state index is 0.133. The van der Waals surface area contributed by atoms with E-state index in [9.17, 15) is 13.2 Å². The number of anilines is 1. The van der Waals surface area contributed by atoms with E-state index in [4.69, 9.17) is 12.2 Å². The van der Waals surface area contributed by atoms with Gasteiger partial charge in [-0.15, -0.1) is 0 Å². The zero-order valence-electron chi connectivity index (χ0n) is 15.4. The van der Waals surface area contributed by atoms with Gasteiger partial charge in [0.25, 0.3) is 5.91 Å². The van der Waals surface area contributed by atoms with Crippen molar-refractivity contribution in [2.24, 2.45) is 0 Å². The number of carbonyl (C=O) groups is 1. The Hall–Kier alpha value is -2.29. The van der Waals surface area contributed by atoms with Gasteiger partial charge in [0.1, 0.15) is 0 Å². The maximum absolute atomic E-state index is 12.2. The molecule has 1 amide bonds. The second-order valence-electron chi connectivity index (χ2n) is 6.23. The van der Waals surface area contributed by atoms with Crippen molar-refractivity contribution in [3.8, 4) is 0 Å². The first-order chi connectivity index (χ1) is 12.7. The number of thiocarbonyl (C=S) groups is 1. The summed E-state index contributed by atoms with van der Waals surface area (Å²) in [7, 11) is -3.56. The van der Waals surface area contributed by atoms with Gasteiger partial charge in [0.2, 0.25) is 10.0 Å². The van der Waals surface area contributed by atoms with E-state index in [2.05, 4.69) is 15.4 Å². The molecule has 1 atom stereocenters. The molecule has 2 rings (SSSR count). The van der Waals surface area contributed by atoms with Crippen LogP contribution >= 0.6 is 12.2 Å². The summed E-state index contributed by atoms with van der Waals surface area (Å²) in [6, 6.07) is 13.1. The molecule has 0 aliphatic carbocycles. The summed E-state index contributed by atoms with van der Waals surface area (Å²) in [5.74, 6) is -0.315. The largest absolute Gasteiger partial charge is 0.332 e. The monoisotopic (exact) mass is 405 g/mol. The molecule has 0 spiro atoms. The highest BCUT2D eigenvalue weighted by Crippen LogP contribution is 2.15. The van der Waals surface area contributed by atoms with Crippen LogP contribution in [0.25, 0.3) is 0 Å². The van der Waals surface area contributed by atoms with Crippen LogP contribution in [0, 0.1) is 6.92 Å². The third-order valence-corrected chi connectivity index (χ3v) is 5.74. The van der Waals surface area contributed by atoms with Crippen molar-refractivity contribution in [1.29, 1.82) is 0 Å². The third-order valence-electron chi connectivity index (χ3n) is 3.93. The Labute approximate surface area is 165 Å². The van der Waals surface area contributed by atoms with Crippen LogP contribution in [0.5, 0.6) is 0 Å². The van der Waals surface area contributed by atoms with Gasteiger partial charge in [-0.25, -0.2) is 13.1 Å². The summed E-state index contributed by atoms with van der Waals surface area (Å²) in [4.78, 5) is 12.3. The van der Waals surface area contributed by atoms with Gasteiger partial charge in [0.15, 0.2) is 5.11 Å². The van der Waals surface area contributed by atoms with E-state index >= 15 is 0 Å². The van der Waals surface area contributed by atoms with Crippen molar-refractivity contribution in [2.45, 2.75) is 38.1 Å². The predicted octanol–water partition coefficient (Wildman–Crippen LogP) is 3.20. The molecule has 3 N–H and O–H groups in total. The van der Waals surface area contributed by atoms with E-state index in [0.29, 0.717) is 17.7 Å². The fourth-order valence-corrected chi connectivity index (χ4v) is 3.71. The fraction of sp³-hybridized carbons (Fsp3) is 0.263. The highest BCUT2D eigenvalue weighted by molar-refractivity contribution is 7.89. The van der Waals surface area contributed by atoms with E-state index in [0.717, 1.165) is 5.56 Å². The molecular formula is C19H23N3O3S2. The van der Waals surface area contributed by atoms with Gasteiger partial charge in [0.05, 0.1) is 4.90 Å². The van der Waals surface area contributed by atoms with Crippen molar-refractivity contribution in [3.05, 3.63) is 59.7 Å². The summed E-state index contributed by atoms with van der Waals surface area (Å²) < 4.78 is 27.1.